The number of benzene rings is 2. The van der Waals surface area contributed by atoms with Gasteiger partial charge in [0.1, 0.15) is 17.1 Å². The van der Waals surface area contributed by atoms with Gasteiger partial charge in [0.2, 0.25) is 5.88 Å². The van der Waals surface area contributed by atoms with Crippen molar-refractivity contribution < 1.29 is 23.8 Å². The summed E-state index contributed by atoms with van der Waals surface area (Å²) in [6, 6.07) is 14.1. The smallest absolute Gasteiger partial charge is 0.435 e. The largest absolute Gasteiger partial charge is 0.484 e. The SMILES string of the molecule is CC(C)NC(=O)COc1cccc(-c2nccc(Oc3ccc4c(cnn4C(=O)OC(C)(C)C)c3)n2)c1. The molecular formula is C27H29N5O5. The molecule has 2 aromatic carbocycles. The van der Waals surface area contributed by atoms with Crippen LogP contribution in [-0.4, -0.2) is 50.0 Å². The second-order valence-corrected chi connectivity index (χ2v) is 9.62. The van der Waals surface area contributed by atoms with Gasteiger partial charge in [-0.2, -0.15) is 14.8 Å². The molecule has 0 radical (unpaired) electrons. The summed E-state index contributed by atoms with van der Waals surface area (Å²) in [5.74, 6) is 1.63. The maximum atomic E-state index is 12.4. The first-order chi connectivity index (χ1) is 17.6. The summed E-state index contributed by atoms with van der Waals surface area (Å²) in [4.78, 5) is 33.1. The van der Waals surface area contributed by atoms with Crippen LogP contribution >= 0.6 is 0 Å². The number of ether oxygens (including phenoxy) is 3. The van der Waals surface area contributed by atoms with Gasteiger partial charge in [0, 0.05) is 29.3 Å². The van der Waals surface area contributed by atoms with Crippen molar-refractivity contribution >= 4 is 22.9 Å². The summed E-state index contributed by atoms with van der Waals surface area (Å²) in [7, 11) is 0. The second-order valence-electron chi connectivity index (χ2n) is 9.62. The highest BCUT2D eigenvalue weighted by Gasteiger charge is 2.20. The summed E-state index contributed by atoms with van der Waals surface area (Å²) in [5, 5.41) is 7.65. The van der Waals surface area contributed by atoms with Crippen LogP contribution in [0, 0.1) is 0 Å². The average Bonchev–Trinajstić information content (AvgIpc) is 3.25. The maximum absolute atomic E-state index is 12.4. The molecule has 0 unspecified atom stereocenters. The molecule has 192 valence electrons. The maximum Gasteiger partial charge on any atom is 0.435 e. The van der Waals surface area contributed by atoms with Crippen LogP contribution in [0.15, 0.2) is 60.9 Å². The molecule has 0 saturated heterocycles. The van der Waals surface area contributed by atoms with E-state index in [1.165, 1.54) is 4.68 Å². The molecule has 4 aromatic rings. The van der Waals surface area contributed by atoms with Gasteiger partial charge >= 0.3 is 6.09 Å². The van der Waals surface area contributed by atoms with Gasteiger partial charge in [0.25, 0.3) is 5.91 Å². The van der Waals surface area contributed by atoms with Crippen molar-refractivity contribution in [3.05, 3.63) is 60.9 Å². The summed E-state index contributed by atoms with van der Waals surface area (Å²) in [5.41, 5.74) is 0.683. The minimum atomic E-state index is -0.628. The van der Waals surface area contributed by atoms with Crippen molar-refractivity contribution in [3.63, 3.8) is 0 Å². The number of aromatic nitrogens is 4. The highest BCUT2D eigenvalue weighted by Crippen LogP contribution is 2.27. The molecule has 2 heterocycles. The lowest BCUT2D eigenvalue weighted by Crippen LogP contribution is -2.34. The van der Waals surface area contributed by atoms with Crippen LogP contribution in [0.25, 0.3) is 22.3 Å². The van der Waals surface area contributed by atoms with E-state index in [2.05, 4.69) is 20.4 Å². The molecule has 2 aromatic heterocycles. The Morgan fingerprint density at radius 3 is 2.62 bits per heavy atom. The molecule has 0 aliphatic carbocycles. The van der Waals surface area contributed by atoms with Gasteiger partial charge in [-0.3, -0.25) is 4.79 Å². The Kier molecular flexibility index (Phi) is 7.37. The molecule has 37 heavy (non-hydrogen) atoms. The van der Waals surface area contributed by atoms with Gasteiger partial charge in [-0.05, 0) is 65.0 Å². The molecule has 0 spiro atoms. The molecule has 0 saturated carbocycles. The van der Waals surface area contributed by atoms with E-state index < -0.39 is 11.7 Å². The van der Waals surface area contributed by atoms with Crippen LogP contribution in [0.4, 0.5) is 4.79 Å². The molecule has 0 aliphatic rings. The van der Waals surface area contributed by atoms with Crippen LogP contribution in [0.5, 0.6) is 17.4 Å². The van der Waals surface area contributed by atoms with Crippen LogP contribution in [-0.2, 0) is 9.53 Å². The van der Waals surface area contributed by atoms with Crippen LogP contribution in [0.1, 0.15) is 34.6 Å². The number of nitrogens with zero attached hydrogens (tertiary/aromatic N) is 4. The van der Waals surface area contributed by atoms with E-state index in [0.717, 1.165) is 0 Å². The van der Waals surface area contributed by atoms with Gasteiger partial charge in [-0.15, -0.1) is 0 Å². The summed E-state index contributed by atoms with van der Waals surface area (Å²) < 4.78 is 18.2. The van der Waals surface area contributed by atoms with Gasteiger partial charge in [-0.1, -0.05) is 12.1 Å². The normalized spacial score (nSPS) is 11.4. The lowest BCUT2D eigenvalue weighted by atomic mass is 10.2. The first-order valence-corrected chi connectivity index (χ1v) is 11.8. The number of carbonyl (C=O) groups excluding carboxylic acids is 2. The van der Waals surface area contributed by atoms with Gasteiger partial charge in [-0.25, -0.2) is 9.78 Å². The fourth-order valence-electron chi connectivity index (χ4n) is 3.42. The molecule has 0 aliphatic heterocycles. The van der Waals surface area contributed by atoms with Crippen LogP contribution in [0.3, 0.4) is 0 Å². The molecule has 4 rings (SSSR count). The Hall–Kier alpha value is -4.47. The Bertz CT molecular complexity index is 1420. The van der Waals surface area contributed by atoms with Crippen LogP contribution in [0.2, 0.25) is 0 Å². The molecule has 0 bridgehead atoms. The summed E-state index contributed by atoms with van der Waals surface area (Å²) in [6.07, 6.45) is 2.62. The van der Waals surface area contributed by atoms with E-state index in [1.807, 2.05) is 19.9 Å². The average molecular weight is 504 g/mol. The molecule has 1 N–H and O–H groups in total. The van der Waals surface area contributed by atoms with E-state index in [1.54, 1.807) is 75.6 Å². The third-order valence-electron chi connectivity index (χ3n) is 4.87. The van der Waals surface area contributed by atoms with Crippen molar-refractivity contribution in [2.75, 3.05) is 6.61 Å². The second kappa shape index (κ2) is 10.7. The van der Waals surface area contributed by atoms with Crippen molar-refractivity contribution in [1.29, 1.82) is 0 Å². The number of amides is 1. The van der Waals surface area contributed by atoms with Gasteiger partial charge in [0.05, 0.1) is 11.7 Å². The zero-order chi connectivity index (χ0) is 26.6. The fourth-order valence-corrected chi connectivity index (χ4v) is 3.42. The topological polar surface area (TPSA) is 117 Å². The monoisotopic (exact) mass is 503 g/mol. The number of rotatable bonds is 7. The molecule has 10 nitrogen and oxygen atoms in total. The van der Waals surface area contributed by atoms with E-state index >= 15 is 0 Å². The third-order valence-corrected chi connectivity index (χ3v) is 4.87. The Morgan fingerprint density at radius 2 is 1.86 bits per heavy atom. The van der Waals surface area contributed by atoms with Gasteiger partial charge < -0.3 is 19.5 Å². The lowest BCUT2D eigenvalue weighted by Gasteiger charge is -2.19. The number of fused-ring (bicyclic) bond motifs is 1. The molecule has 1 amide bonds. The molecule has 0 atom stereocenters. The fraction of sp³-hybridized carbons (Fsp3) is 0.296. The Morgan fingerprint density at radius 1 is 1.05 bits per heavy atom. The molecule has 10 heteroatoms. The number of nitrogens with one attached hydrogen (secondary N) is 1. The minimum absolute atomic E-state index is 0.0421. The number of hydrogen-bond acceptors (Lipinski definition) is 8. The number of carbonyl (C=O) groups is 2. The Labute approximate surface area is 214 Å². The molecule has 0 fully saturated rings. The summed E-state index contributed by atoms with van der Waals surface area (Å²) in [6.45, 7) is 9.09. The summed E-state index contributed by atoms with van der Waals surface area (Å²) >= 11 is 0. The van der Waals surface area contributed by atoms with Gasteiger partial charge in [0.15, 0.2) is 12.4 Å². The predicted molar refractivity (Wildman–Crippen MR) is 138 cm³/mol. The predicted octanol–water partition coefficient (Wildman–Crippen LogP) is 4.97. The zero-order valence-corrected chi connectivity index (χ0v) is 21.4. The van der Waals surface area contributed by atoms with Crippen molar-refractivity contribution in [1.82, 2.24) is 25.1 Å². The van der Waals surface area contributed by atoms with Crippen molar-refractivity contribution in [2.45, 2.75) is 46.3 Å². The molecular weight excluding hydrogens is 474 g/mol. The van der Waals surface area contributed by atoms with E-state index in [9.17, 15) is 9.59 Å². The number of hydrogen-bond donors (Lipinski definition) is 1. The van der Waals surface area contributed by atoms with Crippen molar-refractivity contribution in [3.8, 4) is 28.8 Å². The van der Waals surface area contributed by atoms with E-state index in [-0.39, 0.29) is 18.6 Å². The zero-order valence-electron chi connectivity index (χ0n) is 21.4. The third kappa shape index (κ3) is 6.81. The highest BCUT2D eigenvalue weighted by atomic mass is 16.6. The minimum Gasteiger partial charge on any atom is -0.484 e. The lowest BCUT2D eigenvalue weighted by molar-refractivity contribution is -0.123. The van der Waals surface area contributed by atoms with Crippen molar-refractivity contribution in [2.24, 2.45) is 0 Å². The highest BCUT2D eigenvalue weighted by molar-refractivity contribution is 5.88. The van der Waals surface area contributed by atoms with E-state index in [4.69, 9.17) is 14.2 Å². The first-order valence-electron chi connectivity index (χ1n) is 11.8. The quantitative estimate of drug-likeness (QED) is 0.376. The Balaban J connectivity index is 1.48. The standard InChI is InChI=1S/C27H29N5O5/c1-17(2)30-23(33)16-35-20-8-6-7-18(13-20)25-28-12-11-24(31-25)36-21-9-10-22-19(14-21)15-29-32(22)26(34)37-27(3,4)5/h6-15,17H,16H2,1-5H3,(H,30,33). The van der Waals surface area contributed by atoms with Crippen LogP contribution < -0.4 is 14.8 Å². The van der Waals surface area contributed by atoms with E-state index in [0.29, 0.717) is 39.7 Å². The first kappa shape index (κ1) is 25.6.